The number of methoxy groups -OCH3 is 1. The lowest BCUT2D eigenvalue weighted by molar-refractivity contribution is -0.115. The fourth-order valence-corrected chi connectivity index (χ4v) is 2.43. The lowest BCUT2D eigenvalue weighted by atomic mass is 10.1. The van der Waals surface area contributed by atoms with E-state index in [-0.39, 0.29) is 23.6 Å². The van der Waals surface area contributed by atoms with Gasteiger partial charge in [-0.2, -0.15) is 5.10 Å². The van der Waals surface area contributed by atoms with E-state index in [4.69, 9.17) is 4.74 Å². The fourth-order valence-electron chi connectivity index (χ4n) is 2.43. The number of carbonyl (C=O) groups excluding carboxylic acids is 2. The van der Waals surface area contributed by atoms with E-state index in [9.17, 15) is 14.7 Å². The standard InChI is InChI=1S/C20H23N3O4/c1-12-8-9-17(27-4)16(10-12)21-18(24)11-14(3)22-23-20(26)15-7-5-6-13(2)19(15)25/h5-10,25H,11H2,1-4H3,(H,21,24)(H,23,26)/b22-14-. The number of hydrogen-bond acceptors (Lipinski definition) is 5. The zero-order valence-corrected chi connectivity index (χ0v) is 15.8. The van der Waals surface area contributed by atoms with E-state index in [2.05, 4.69) is 15.8 Å². The van der Waals surface area contributed by atoms with Crippen LogP contribution in [0.15, 0.2) is 41.5 Å². The topological polar surface area (TPSA) is 100 Å². The second-order valence-corrected chi connectivity index (χ2v) is 6.19. The Hall–Kier alpha value is -3.35. The molecule has 142 valence electrons. The number of hydrogen-bond donors (Lipinski definition) is 3. The molecule has 0 bridgehead atoms. The third kappa shape index (κ3) is 5.31. The summed E-state index contributed by atoms with van der Waals surface area (Å²) in [5.41, 5.74) is 5.05. The van der Waals surface area contributed by atoms with Crippen LogP contribution in [0, 0.1) is 13.8 Å². The number of para-hydroxylation sites is 1. The van der Waals surface area contributed by atoms with Crippen LogP contribution < -0.4 is 15.5 Å². The van der Waals surface area contributed by atoms with Gasteiger partial charge in [0.1, 0.15) is 11.5 Å². The number of anilines is 1. The van der Waals surface area contributed by atoms with Gasteiger partial charge in [-0.05, 0) is 50.1 Å². The van der Waals surface area contributed by atoms with Gasteiger partial charge in [-0.25, -0.2) is 5.43 Å². The Bertz CT molecular complexity index is 891. The number of aromatic hydroxyl groups is 1. The molecule has 0 unspecified atom stereocenters. The molecule has 0 aromatic heterocycles. The number of ether oxygens (including phenoxy) is 1. The van der Waals surface area contributed by atoms with Crippen molar-refractivity contribution in [2.24, 2.45) is 5.10 Å². The molecule has 0 aliphatic carbocycles. The molecule has 0 saturated carbocycles. The number of carbonyl (C=O) groups is 2. The van der Waals surface area contributed by atoms with Gasteiger partial charge in [0, 0.05) is 5.71 Å². The zero-order chi connectivity index (χ0) is 20.0. The average molecular weight is 369 g/mol. The molecule has 2 aromatic carbocycles. The van der Waals surface area contributed by atoms with Crippen LogP contribution in [0.2, 0.25) is 0 Å². The van der Waals surface area contributed by atoms with Crippen molar-refractivity contribution in [3.8, 4) is 11.5 Å². The van der Waals surface area contributed by atoms with Crippen molar-refractivity contribution in [2.75, 3.05) is 12.4 Å². The summed E-state index contributed by atoms with van der Waals surface area (Å²) >= 11 is 0. The monoisotopic (exact) mass is 369 g/mol. The molecule has 27 heavy (non-hydrogen) atoms. The van der Waals surface area contributed by atoms with Crippen molar-refractivity contribution in [3.05, 3.63) is 53.1 Å². The highest BCUT2D eigenvalue weighted by Crippen LogP contribution is 2.25. The molecule has 3 N–H and O–H groups in total. The van der Waals surface area contributed by atoms with Gasteiger partial charge in [0.2, 0.25) is 5.91 Å². The minimum Gasteiger partial charge on any atom is -0.507 e. The summed E-state index contributed by atoms with van der Waals surface area (Å²) in [6.45, 7) is 5.24. The summed E-state index contributed by atoms with van der Waals surface area (Å²) < 4.78 is 5.23. The van der Waals surface area contributed by atoms with Crippen LogP contribution in [0.5, 0.6) is 11.5 Å². The maximum absolute atomic E-state index is 12.2. The smallest absolute Gasteiger partial charge is 0.275 e. The first-order valence-electron chi connectivity index (χ1n) is 8.38. The van der Waals surface area contributed by atoms with Gasteiger partial charge in [-0.15, -0.1) is 0 Å². The maximum atomic E-state index is 12.2. The van der Waals surface area contributed by atoms with Crippen LogP contribution in [0.25, 0.3) is 0 Å². The molecule has 7 nitrogen and oxygen atoms in total. The van der Waals surface area contributed by atoms with Crippen LogP contribution in [0.4, 0.5) is 5.69 Å². The molecule has 0 fully saturated rings. The Morgan fingerprint density at radius 3 is 2.63 bits per heavy atom. The molecule has 0 aliphatic rings. The number of benzene rings is 2. The van der Waals surface area contributed by atoms with Gasteiger partial charge in [0.05, 0.1) is 24.8 Å². The predicted molar refractivity (Wildman–Crippen MR) is 104 cm³/mol. The minimum atomic E-state index is -0.545. The van der Waals surface area contributed by atoms with Crippen molar-refractivity contribution in [1.82, 2.24) is 5.43 Å². The number of hydrazone groups is 1. The van der Waals surface area contributed by atoms with Crippen LogP contribution in [-0.4, -0.2) is 29.7 Å². The number of nitrogens with zero attached hydrogens (tertiary/aromatic N) is 1. The van der Waals surface area contributed by atoms with Gasteiger partial charge < -0.3 is 15.2 Å². The third-order valence-corrected chi connectivity index (χ3v) is 3.88. The minimum absolute atomic E-state index is 0.00280. The molecular weight excluding hydrogens is 346 g/mol. The van der Waals surface area contributed by atoms with Gasteiger partial charge in [0.15, 0.2) is 0 Å². The number of rotatable bonds is 6. The maximum Gasteiger partial charge on any atom is 0.275 e. The van der Waals surface area contributed by atoms with E-state index in [0.29, 0.717) is 22.7 Å². The molecule has 0 atom stereocenters. The average Bonchev–Trinajstić information content (AvgIpc) is 2.62. The Balaban J connectivity index is 1.99. The molecule has 0 heterocycles. The quantitative estimate of drug-likeness (QED) is 0.538. The number of phenols is 1. The van der Waals surface area contributed by atoms with Crippen LogP contribution in [0.1, 0.15) is 34.8 Å². The van der Waals surface area contributed by atoms with E-state index in [1.807, 2.05) is 19.1 Å². The molecular formula is C20H23N3O4. The Morgan fingerprint density at radius 2 is 1.93 bits per heavy atom. The van der Waals surface area contributed by atoms with Gasteiger partial charge in [-0.3, -0.25) is 9.59 Å². The van der Waals surface area contributed by atoms with Crippen molar-refractivity contribution in [2.45, 2.75) is 27.2 Å². The highest BCUT2D eigenvalue weighted by molar-refractivity contribution is 6.06. The van der Waals surface area contributed by atoms with Crippen LogP contribution in [0.3, 0.4) is 0 Å². The highest BCUT2D eigenvalue weighted by Gasteiger charge is 2.13. The summed E-state index contributed by atoms with van der Waals surface area (Å²) in [6.07, 6.45) is -0.00280. The summed E-state index contributed by atoms with van der Waals surface area (Å²) in [5.74, 6) is -0.358. The van der Waals surface area contributed by atoms with Crippen molar-refractivity contribution < 1.29 is 19.4 Å². The fraction of sp³-hybridized carbons (Fsp3) is 0.250. The summed E-state index contributed by atoms with van der Waals surface area (Å²) in [7, 11) is 1.53. The van der Waals surface area contributed by atoms with Crippen LogP contribution >= 0.6 is 0 Å². The largest absolute Gasteiger partial charge is 0.507 e. The lowest BCUT2D eigenvalue weighted by Gasteiger charge is -2.11. The number of phenolic OH excluding ortho intramolecular Hbond substituents is 1. The molecule has 0 saturated heterocycles. The van der Waals surface area contributed by atoms with Crippen LogP contribution in [-0.2, 0) is 4.79 Å². The molecule has 0 spiro atoms. The summed E-state index contributed by atoms with van der Waals surface area (Å²) in [5, 5.41) is 16.6. The first-order chi connectivity index (χ1) is 12.8. The predicted octanol–water partition coefficient (Wildman–Crippen LogP) is 3.15. The Labute approximate surface area is 158 Å². The van der Waals surface area contributed by atoms with E-state index in [1.54, 1.807) is 32.0 Å². The Morgan fingerprint density at radius 1 is 1.19 bits per heavy atom. The van der Waals surface area contributed by atoms with Gasteiger partial charge in [0.25, 0.3) is 5.91 Å². The summed E-state index contributed by atoms with van der Waals surface area (Å²) in [4.78, 5) is 24.3. The normalized spacial score (nSPS) is 11.0. The number of nitrogens with one attached hydrogen (secondary N) is 2. The highest BCUT2D eigenvalue weighted by atomic mass is 16.5. The third-order valence-electron chi connectivity index (χ3n) is 3.88. The van der Waals surface area contributed by atoms with Gasteiger partial charge in [-0.1, -0.05) is 18.2 Å². The van der Waals surface area contributed by atoms with E-state index < -0.39 is 5.91 Å². The number of amides is 2. The van der Waals surface area contributed by atoms with Gasteiger partial charge >= 0.3 is 0 Å². The molecule has 2 amide bonds. The second-order valence-electron chi connectivity index (χ2n) is 6.19. The first-order valence-corrected chi connectivity index (χ1v) is 8.38. The molecule has 0 radical (unpaired) electrons. The van der Waals surface area contributed by atoms with Crippen molar-refractivity contribution in [3.63, 3.8) is 0 Å². The molecule has 2 aromatic rings. The summed E-state index contributed by atoms with van der Waals surface area (Å²) in [6, 6.07) is 10.3. The van der Waals surface area contributed by atoms with E-state index >= 15 is 0 Å². The molecule has 2 rings (SSSR count). The SMILES string of the molecule is COc1ccc(C)cc1NC(=O)C/C(C)=N\NC(=O)c1cccc(C)c1O. The number of aryl methyl sites for hydroxylation is 2. The molecule has 0 aliphatic heterocycles. The second kappa shape index (κ2) is 8.84. The Kier molecular flexibility index (Phi) is 6.54. The van der Waals surface area contributed by atoms with Crippen molar-refractivity contribution in [1.29, 1.82) is 0 Å². The van der Waals surface area contributed by atoms with E-state index in [0.717, 1.165) is 5.56 Å². The lowest BCUT2D eigenvalue weighted by Crippen LogP contribution is -2.21. The van der Waals surface area contributed by atoms with E-state index in [1.165, 1.54) is 13.2 Å². The van der Waals surface area contributed by atoms with Crippen molar-refractivity contribution >= 4 is 23.2 Å². The molecule has 7 heteroatoms. The zero-order valence-electron chi connectivity index (χ0n) is 15.8. The first kappa shape index (κ1) is 20.0.